The van der Waals surface area contributed by atoms with Gasteiger partial charge in [-0.2, -0.15) is 5.26 Å². The molecule has 0 radical (unpaired) electrons. The molecule has 0 aromatic carbocycles. The van der Waals surface area contributed by atoms with Gasteiger partial charge in [-0.05, 0) is 12.0 Å². The normalized spacial score (nSPS) is 9.55. The molecule has 0 unspecified atom stereocenters. The van der Waals surface area contributed by atoms with E-state index in [1.807, 2.05) is 18.3 Å². The highest BCUT2D eigenvalue weighted by Crippen LogP contribution is 1.96. The van der Waals surface area contributed by atoms with Crippen LogP contribution in [0.3, 0.4) is 0 Å². The highest BCUT2D eigenvalue weighted by Gasteiger charge is 1.92. The van der Waals surface area contributed by atoms with Crippen molar-refractivity contribution >= 4 is 0 Å². The lowest BCUT2D eigenvalue weighted by Gasteiger charge is -2.07. The summed E-state index contributed by atoms with van der Waals surface area (Å²) in [6, 6.07) is 0. The van der Waals surface area contributed by atoms with Crippen LogP contribution in [-0.2, 0) is 0 Å². The van der Waals surface area contributed by atoms with E-state index in [1.54, 1.807) is 11.9 Å². The van der Waals surface area contributed by atoms with Crippen molar-refractivity contribution in [2.24, 2.45) is 0 Å². The van der Waals surface area contributed by atoms with Crippen molar-refractivity contribution in [3.8, 4) is 6.19 Å². The lowest BCUT2D eigenvalue weighted by molar-refractivity contribution is 0.521. The van der Waals surface area contributed by atoms with Crippen LogP contribution in [0.4, 0.5) is 0 Å². The van der Waals surface area contributed by atoms with Gasteiger partial charge < -0.3 is 4.90 Å². The van der Waals surface area contributed by atoms with Crippen LogP contribution in [0.1, 0.15) is 13.3 Å². The fraction of sp³-hybridized carbons (Fsp3) is 0.444. The molecule has 0 saturated carbocycles. The monoisotopic (exact) mass is 150 g/mol. The molecule has 0 aromatic heterocycles. The van der Waals surface area contributed by atoms with E-state index >= 15 is 0 Å². The van der Waals surface area contributed by atoms with Crippen LogP contribution in [0.25, 0.3) is 0 Å². The first-order valence-electron chi connectivity index (χ1n) is 3.66. The van der Waals surface area contributed by atoms with Gasteiger partial charge in [0.25, 0.3) is 0 Å². The number of nitriles is 1. The molecule has 0 atom stereocenters. The summed E-state index contributed by atoms with van der Waals surface area (Å²) < 4.78 is 0. The number of likely N-dealkylation sites (N-methyl/N-ethyl adjacent to an activating group) is 1. The quantitative estimate of drug-likeness (QED) is 0.348. The third kappa shape index (κ3) is 5.23. The Morgan fingerprint density at radius 3 is 2.82 bits per heavy atom. The van der Waals surface area contributed by atoms with Crippen LogP contribution in [0, 0.1) is 11.5 Å². The minimum atomic E-state index is 0.618. The minimum absolute atomic E-state index is 0.618. The van der Waals surface area contributed by atoms with Gasteiger partial charge in [0.1, 0.15) is 0 Å². The summed E-state index contributed by atoms with van der Waals surface area (Å²) in [5.74, 6) is 0. The van der Waals surface area contributed by atoms with Gasteiger partial charge in [0, 0.05) is 7.05 Å². The third-order valence-electron chi connectivity index (χ3n) is 1.20. The Kier molecular flexibility index (Phi) is 4.93. The first-order valence-corrected chi connectivity index (χ1v) is 3.66. The number of allylic oxidation sites excluding steroid dienone is 1. The van der Waals surface area contributed by atoms with E-state index < -0.39 is 0 Å². The maximum atomic E-state index is 8.42. The van der Waals surface area contributed by atoms with Crippen molar-refractivity contribution in [2.75, 3.05) is 13.6 Å². The van der Waals surface area contributed by atoms with Crippen molar-refractivity contribution in [3.05, 3.63) is 24.3 Å². The van der Waals surface area contributed by atoms with Crippen LogP contribution in [-0.4, -0.2) is 18.5 Å². The van der Waals surface area contributed by atoms with E-state index in [0.717, 1.165) is 12.0 Å². The Hall–Kier alpha value is -1.23. The summed E-state index contributed by atoms with van der Waals surface area (Å²) in [6.07, 6.45) is 7.01. The molecule has 0 fully saturated rings. The lowest BCUT2D eigenvalue weighted by atomic mass is 10.2. The second kappa shape index (κ2) is 5.55. The Bertz CT molecular complexity index is 186. The molecule has 0 aromatic rings. The van der Waals surface area contributed by atoms with Crippen molar-refractivity contribution < 1.29 is 0 Å². The largest absolute Gasteiger partial charge is 0.309 e. The molecule has 60 valence electrons. The maximum absolute atomic E-state index is 8.42. The van der Waals surface area contributed by atoms with Crippen molar-refractivity contribution in [1.82, 2.24) is 4.90 Å². The van der Waals surface area contributed by atoms with Crippen molar-refractivity contribution in [3.63, 3.8) is 0 Å². The van der Waals surface area contributed by atoms with Gasteiger partial charge in [-0.1, -0.05) is 25.7 Å². The molecule has 0 aliphatic heterocycles. The van der Waals surface area contributed by atoms with Gasteiger partial charge in [-0.25, -0.2) is 0 Å². The molecule has 0 heterocycles. The summed E-state index contributed by atoms with van der Waals surface area (Å²) in [5.41, 5.74) is 0.968. The van der Waals surface area contributed by atoms with Gasteiger partial charge in [0.15, 0.2) is 6.19 Å². The smallest absolute Gasteiger partial charge is 0.179 e. The molecular weight excluding hydrogens is 136 g/mol. The molecule has 0 aliphatic rings. The van der Waals surface area contributed by atoms with E-state index in [-0.39, 0.29) is 0 Å². The average molecular weight is 150 g/mol. The standard InChI is InChI=1S/C9H14N2/c1-4-5-6-9(2)7-11(3)8-10/h5-6H,2,4,7H2,1,3H3. The molecule has 11 heavy (non-hydrogen) atoms. The Balaban J connectivity index is 3.71. The van der Waals surface area contributed by atoms with Crippen LogP contribution in [0.5, 0.6) is 0 Å². The fourth-order valence-corrected chi connectivity index (χ4v) is 0.677. The highest BCUT2D eigenvalue weighted by atomic mass is 15.1. The number of hydrogen-bond donors (Lipinski definition) is 0. The summed E-state index contributed by atoms with van der Waals surface area (Å²) >= 11 is 0. The number of rotatable bonds is 4. The first kappa shape index (κ1) is 9.77. The molecule has 2 heteroatoms. The zero-order valence-corrected chi connectivity index (χ0v) is 7.17. The molecule has 0 rings (SSSR count). The average Bonchev–Trinajstić information content (AvgIpc) is 2.00. The van der Waals surface area contributed by atoms with Crippen LogP contribution in [0.2, 0.25) is 0 Å². The zero-order valence-electron chi connectivity index (χ0n) is 7.17. The number of nitrogens with zero attached hydrogens (tertiary/aromatic N) is 2. The molecule has 0 bridgehead atoms. The second-order valence-corrected chi connectivity index (χ2v) is 2.42. The topological polar surface area (TPSA) is 27.0 Å². The van der Waals surface area contributed by atoms with E-state index in [4.69, 9.17) is 5.26 Å². The van der Waals surface area contributed by atoms with Gasteiger partial charge in [-0.3, -0.25) is 0 Å². The minimum Gasteiger partial charge on any atom is -0.309 e. The molecule has 2 nitrogen and oxygen atoms in total. The van der Waals surface area contributed by atoms with Gasteiger partial charge in [0.05, 0.1) is 6.54 Å². The summed E-state index contributed by atoms with van der Waals surface area (Å²) in [6.45, 7) is 6.49. The van der Waals surface area contributed by atoms with Crippen LogP contribution < -0.4 is 0 Å². The maximum Gasteiger partial charge on any atom is 0.179 e. The summed E-state index contributed by atoms with van der Waals surface area (Å²) in [7, 11) is 1.74. The lowest BCUT2D eigenvalue weighted by Crippen LogP contribution is -2.13. The predicted octanol–water partition coefficient (Wildman–Crippen LogP) is 1.92. The summed E-state index contributed by atoms with van der Waals surface area (Å²) in [4.78, 5) is 1.54. The molecule has 0 amide bonds. The van der Waals surface area contributed by atoms with E-state index in [1.165, 1.54) is 0 Å². The van der Waals surface area contributed by atoms with Crippen molar-refractivity contribution in [2.45, 2.75) is 13.3 Å². The summed E-state index contributed by atoms with van der Waals surface area (Å²) in [5, 5.41) is 8.42. The zero-order chi connectivity index (χ0) is 8.69. The number of hydrogen-bond acceptors (Lipinski definition) is 2. The highest BCUT2D eigenvalue weighted by molar-refractivity contribution is 5.16. The van der Waals surface area contributed by atoms with Crippen LogP contribution >= 0.6 is 0 Å². The Morgan fingerprint density at radius 1 is 1.73 bits per heavy atom. The first-order chi connectivity index (χ1) is 5.20. The van der Waals surface area contributed by atoms with E-state index in [2.05, 4.69) is 13.5 Å². The van der Waals surface area contributed by atoms with E-state index in [9.17, 15) is 0 Å². The molecule has 0 N–H and O–H groups in total. The SMILES string of the molecule is C=C(C=CCC)CN(C)C#N. The Morgan fingerprint density at radius 2 is 2.36 bits per heavy atom. The third-order valence-corrected chi connectivity index (χ3v) is 1.20. The second-order valence-electron chi connectivity index (χ2n) is 2.42. The molecule has 0 spiro atoms. The van der Waals surface area contributed by atoms with Crippen molar-refractivity contribution in [1.29, 1.82) is 5.26 Å². The van der Waals surface area contributed by atoms with Gasteiger partial charge in [0.2, 0.25) is 0 Å². The van der Waals surface area contributed by atoms with Gasteiger partial charge >= 0.3 is 0 Å². The molecule has 0 aliphatic carbocycles. The predicted molar refractivity (Wildman–Crippen MR) is 46.8 cm³/mol. The Labute approximate surface area is 68.4 Å². The van der Waals surface area contributed by atoms with Gasteiger partial charge in [-0.15, -0.1) is 0 Å². The fourth-order valence-electron chi connectivity index (χ4n) is 0.677. The van der Waals surface area contributed by atoms with E-state index in [0.29, 0.717) is 6.54 Å². The molecule has 0 saturated heterocycles. The van der Waals surface area contributed by atoms with Crippen LogP contribution in [0.15, 0.2) is 24.3 Å². The molecular formula is C9H14N2.